The molecule has 0 saturated carbocycles. The normalized spacial score (nSPS) is 10.3. The molecule has 0 unspecified atom stereocenters. The standard InChI is InChI=1S/C13H11FN2O4/c1-20-11-3-2-8(6-9(11)14)10(17)7-16-5-4-12(18)15-13(16)19/h2-6H,7H2,1H3,(H,15,18,19). The Balaban J connectivity index is 2.26. The molecule has 1 aromatic carbocycles. The molecular formula is C13H11FN2O4. The maximum absolute atomic E-state index is 13.5. The van der Waals surface area contributed by atoms with Gasteiger partial charge in [-0.05, 0) is 18.2 Å². The van der Waals surface area contributed by atoms with Gasteiger partial charge >= 0.3 is 5.69 Å². The Morgan fingerprint density at radius 3 is 2.70 bits per heavy atom. The third kappa shape index (κ3) is 2.82. The van der Waals surface area contributed by atoms with Crippen LogP contribution < -0.4 is 16.0 Å². The number of carbonyl (C=O) groups excluding carboxylic acids is 1. The van der Waals surface area contributed by atoms with E-state index in [2.05, 4.69) is 0 Å². The van der Waals surface area contributed by atoms with E-state index >= 15 is 0 Å². The van der Waals surface area contributed by atoms with Gasteiger partial charge in [-0.15, -0.1) is 0 Å². The van der Waals surface area contributed by atoms with Crippen LogP contribution in [0.5, 0.6) is 5.75 Å². The van der Waals surface area contributed by atoms with E-state index in [0.29, 0.717) is 0 Å². The number of H-pyrrole nitrogens is 1. The van der Waals surface area contributed by atoms with Crippen LogP contribution in [0.1, 0.15) is 10.4 Å². The molecule has 20 heavy (non-hydrogen) atoms. The van der Waals surface area contributed by atoms with Gasteiger partial charge in [-0.1, -0.05) is 0 Å². The molecule has 6 nitrogen and oxygen atoms in total. The maximum Gasteiger partial charge on any atom is 0.328 e. The third-order valence-corrected chi connectivity index (χ3v) is 2.68. The predicted octanol–water partition coefficient (Wildman–Crippen LogP) is 0.567. The lowest BCUT2D eigenvalue weighted by molar-refractivity contribution is 0.0969. The second-order valence-corrected chi connectivity index (χ2v) is 4.01. The van der Waals surface area contributed by atoms with Crippen molar-refractivity contribution in [3.8, 4) is 5.75 Å². The summed E-state index contributed by atoms with van der Waals surface area (Å²) >= 11 is 0. The molecule has 0 aliphatic carbocycles. The molecule has 0 bridgehead atoms. The first-order valence-electron chi connectivity index (χ1n) is 5.68. The molecule has 1 aromatic heterocycles. The fourth-order valence-corrected chi connectivity index (χ4v) is 1.65. The Hall–Kier alpha value is -2.70. The molecule has 7 heteroatoms. The first kappa shape index (κ1) is 13.7. The summed E-state index contributed by atoms with van der Waals surface area (Å²) in [7, 11) is 1.32. The maximum atomic E-state index is 13.5. The molecular weight excluding hydrogens is 267 g/mol. The summed E-state index contributed by atoms with van der Waals surface area (Å²) in [6.07, 6.45) is 1.21. The summed E-state index contributed by atoms with van der Waals surface area (Å²) in [6.45, 7) is -0.290. The number of aromatic nitrogens is 2. The monoisotopic (exact) mass is 278 g/mol. The minimum absolute atomic E-state index is 0.0303. The van der Waals surface area contributed by atoms with Crippen LogP contribution in [0.15, 0.2) is 40.1 Å². The van der Waals surface area contributed by atoms with Crippen molar-refractivity contribution in [2.75, 3.05) is 7.11 Å². The van der Waals surface area contributed by atoms with E-state index in [4.69, 9.17) is 4.74 Å². The van der Waals surface area contributed by atoms with E-state index in [-0.39, 0.29) is 17.9 Å². The third-order valence-electron chi connectivity index (χ3n) is 2.68. The van der Waals surface area contributed by atoms with Crippen LogP contribution in [0, 0.1) is 5.82 Å². The van der Waals surface area contributed by atoms with Crippen LogP contribution in [-0.2, 0) is 6.54 Å². The highest BCUT2D eigenvalue weighted by molar-refractivity contribution is 5.96. The number of hydrogen-bond donors (Lipinski definition) is 1. The smallest absolute Gasteiger partial charge is 0.328 e. The second-order valence-electron chi connectivity index (χ2n) is 4.01. The number of nitrogens with zero attached hydrogens (tertiary/aromatic N) is 1. The van der Waals surface area contributed by atoms with E-state index in [1.54, 1.807) is 0 Å². The number of hydrogen-bond acceptors (Lipinski definition) is 4. The zero-order valence-electron chi connectivity index (χ0n) is 10.6. The van der Waals surface area contributed by atoms with Gasteiger partial charge in [0.05, 0.1) is 13.7 Å². The van der Waals surface area contributed by atoms with Gasteiger partial charge < -0.3 is 4.74 Å². The van der Waals surface area contributed by atoms with E-state index in [0.717, 1.165) is 16.7 Å². The molecule has 2 rings (SSSR count). The molecule has 0 amide bonds. The van der Waals surface area contributed by atoms with Gasteiger partial charge in [0, 0.05) is 17.8 Å². The van der Waals surface area contributed by atoms with E-state index < -0.39 is 22.8 Å². The molecule has 0 atom stereocenters. The Morgan fingerprint density at radius 2 is 2.10 bits per heavy atom. The van der Waals surface area contributed by atoms with Gasteiger partial charge in [0.2, 0.25) is 0 Å². The SMILES string of the molecule is COc1ccc(C(=O)Cn2ccc(=O)[nH]c2=O)cc1F. The molecule has 0 fully saturated rings. The molecule has 0 aliphatic heterocycles. The Kier molecular flexibility index (Phi) is 3.79. The van der Waals surface area contributed by atoms with Crippen molar-refractivity contribution >= 4 is 5.78 Å². The minimum atomic E-state index is -0.695. The molecule has 0 aliphatic rings. The van der Waals surface area contributed by atoms with Crippen LogP contribution in [0.3, 0.4) is 0 Å². The van der Waals surface area contributed by atoms with Crippen molar-refractivity contribution in [3.63, 3.8) is 0 Å². The summed E-state index contributed by atoms with van der Waals surface area (Å²) < 4.78 is 19.3. The summed E-state index contributed by atoms with van der Waals surface area (Å²) in [5.74, 6) is -1.09. The molecule has 0 saturated heterocycles. The fourth-order valence-electron chi connectivity index (χ4n) is 1.65. The summed E-state index contributed by atoms with van der Waals surface area (Å²) in [5, 5.41) is 0. The minimum Gasteiger partial charge on any atom is -0.494 e. The molecule has 104 valence electrons. The van der Waals surface area contributed by atoms with Gasteiger partial charge in [0.1, 0.15) is 0 Å². The molecule has 0 spiro atoms. The van der Waals surface area contributed by atoms with Gasteiger partial charge in [0.25, 0.3) is 5.56 Å². The zero-order chi connectivity index (χ0) is 14.7. The van der Waals surface area contributed by atoms with Crippen LogP contribution >= 0.6 is 0 Å². The highest BCUT2D eigenvalue weighted by Gasteiger charge is 2.11. The second kappa shape index (κ2) is 5.52. The van der Waals surface area contributed by atoms with Crippen LogP contribution in [-0.4, -0.2) is 22.4 Å². The zero-order valence-corrected chi connectivity index (χ0v) is 10.6. The van der Waals surface area contributed by atoms with Gasteiger partial charge in [-0.25, -0.2) is 9.18 Å². The number of halogens is 1. The Labute approximate surface area is 112 Å². The van der Waals surface area contributed by atoms with Crippen molar-refractivity contribution in [3.05, 3.63) is 62.7 Å². The summed E-state index contributed by atoms with van der Waals surface area (Å²) in [5.41, 5.74) is -1.13. The van der Waals surface area contributed by atoms with Crippen LogP contribution in [0.2, 0.25) is 0 Å². The van der Waals surface area contributed by atoms with E-state index in [1.807, 2.05) is 4.98 Å². The number of benzene rings is 1. The van der Waals surface area contributed by atoms with Crippen LogP contribution in [0.4, 0.5) is 4.39 Å². The summed E-state index contributed by atoms with van der Waals surface area (Å²) in [6, 6.07) is 4.90. The van der Waals surface area contributed by atoms with Gasteiger partial charge in [-0.2, -0.15) is 0 Å². The first-order chi connectivity index (χ1) is 9.51. The van der Waals surface area contributed by atoms with Crippen molar-refractivity contribution in [2.24, 2.45) is 0 Å². The Bertz CT molecular complexity index is 763. The van der Waals surface area contributed by atoms with Crippen molar-refractivity contribution in [2.45, 2.75) is 6.54 Å². The number of rotatable bonds is 4. The van der Waals surface area contributed by atoms with Crippen molar-refractivity contribution in [1.29, 1.82) is 0 Å². The fraction of sp³-hybridized carbons (Fsp3) is 0.154. The average Bonchev–Trinajstić information content (AvgIpc) is 2.41. The van der Waals surface area contributed by atoms with Crippen molar-refractivity contribution < 1.29 is 13.9 Å². The lowest BCUT2D eigenvalue weighted by atomic mass is 10.1. The lowest BCUT2D eigenvalue weighted by Crippen LogP contribution is -2.30. The first-order valence-corrected chi connectivity index (χ1v) is 5.68. The lowest BCUT2D eigenvalue weighted by Gasteiger charge is -2.06. The quantitative estimate of drug-likeness (QED) is 0.829. The number of Topliss-reactive ketones (excluding diaryl/α,β-unsaturated/α-hetero) is 1. The average molecular weight is 278 g/mol. The highest BCUT2D eigenvalue weighted by Crippen LogP contribution is 2.18. The number of aromatic amines is 1. The predicted molar refractivity (Wildman–Crippen MR) is 68.6 cm³/mol. The topological polar surface area (TPSA) is 81.2 Å². The molecule has 1 heterocycles. The molecule has 1 N–H and O–H groups in total. The number of methoxy groups -OCH3 is 1. The number of ketones is 1. The number of carbonyl (C=O) groups is 1. The van der Waals surface area contributed by atoms with Gasteiger partial charge in [0.15, 0.2) is 17.3 Å². The number of ether oxygens (including phenoxy) is 1. The largest absolute Gasteiger partial charge is 0.494 e. The number of nitrogens with one attached hydrogen (secondary N) is 1. The van der Waals surface area contributed by atoms with Crippen molar-refractivity contribution in [1.82, 2.24) is 9.55 Å². The van der Waals surface area contributed by atoms with Crippen LogP contribution in [0.25, 0.3) is 0 Å². The van der Waals surface area contributed by atoms with Gasteiger partial charge in [-0.3, -0.25) is 19.1 Å². The molecule has 0 radical (unpaired) electrons. The Morgan fingerprint density at radius 1 is 1.35 bits per heavy atom. The highest BCUT2D eigenvalue weighted by atomic mass is 19.1. The van der Waals surface area contributed by atoms with E-state index in [9.17, 15) is 18.8 Å². The summed E-state index contributed by atoms with van der Waals surface area (Å²) in [4.78, 5) is 36.3. The molecule has 2 aromatic rings. The van der Waals surface area contributed by atoms with E-state index in [1.165, 1.54) is 25.4 Å².